The molecule has 1 fully saturated rings. The molecule has 0 spiro atoms. The lowest BCUT2D eigenvalue weighted by molar-refractivity contribution is 0.602. The number of aromatic nitrogens is 3. The maximum atomic E-state index is 11.9. The Balaban J connectivity index is 1.52. The van der Waals surface area contributed by atoms with Crippen LogP contribution >= 0.6 is 0 Å². The molecule has 8 heteroatoms. The summed E-state index contributed by atoms with van der Waals surface area (Å²) in [7, 11) is -3.28. The van der Waals surface area contributed by atoms with Crippen LogP contribution in [-0.4, -0.2) is 49.3 Å². The minimum absolute atomic E-state index is 0.291. The Labute approximate surface area is 164 Å². The highest BCUT2D eigenvalue weighted by Crippen LogP contribution is 2.29. The van der Waals surface area contributed by atoms with Gasteiger partial charge >= 0.3 is 0 Å². The van der Waals surface area contributed by atoms with Crippen LogP contribution < -0.4 is 10.2 Å². The fourth-order valence-electron chi connectivity index (χ4n) is 3.59. The summed E-state index contributed by atoms with van der Waals surface area (Å²) in [4.78, 5) is 15.7. The second-order valence-electron chi connectivity index (χ2n) is 7.29. The first-order valence-electron chi connectivity index (χ1n) is 9.27. The molecule has 1 aliphatic rings. The van der Waals surface area contributed by atoms with Crippen LogP contribution in [0.1, 0.15) is 12.1 Å². The van der Waals surface area contributed by atoms with E-state index in [-0.39, 0.29) is 0 Å². The van der Waals surface area contributed by atoms with Gasteiger partial charge in [0, 0.05) is 37.0 Å². The highest BCUT2D eigenvalue weighted by Gasteiger charge is 2.25. The first-order chi connectivity index (χ1) is 13.4. The lowest BCUT2D eigenvalue weighted by Crippen LogP contribution is -2.23. The summed E-state index contributed by atoms with van der Waals surface area (Å²) in [6.07, 6.45) is 3.80. The molecule has 7 nitrogen and oxygen atoms in total. The molecule has 3 heterocycles. The molecule has 0 bridgehead atoms. The molecule has 1 saturated heterocycles. The Morgan fingerprint density at radius 2 is 2.07 bits per heavy atom. The van der Waals surface area contributed by atoms with E-state index in [1.807, 2.05) is 25.1 Å². The second kappa shape index (κ2) is 7.35. The number of fused-ring (bicyclic) bond motifs is 1. The number of benzene rings is 1. The van der Waals surface area contributed by atoms with Crippen molar-refractivity contribution in [1.29, 1.82) is 0 Å². The van der Waals surface area contributed by atoms with Gasteiger partial charge in [-0.05, 0) is 49.6 Å². The molecular weight excluding hydrogens is 374 g/mol. The van der Waals surface area contributed by atoms with Crippen molar-refractivity contribution in [1.82, 2.24) is 15.0 Å². The zero-order valence-corrected chi connectivity index (χ0v) is 16.8. The van der Waals surface area contributed by atoms with E-state index in [4.69, 9.17) is 0 Å². The van der Waals surface area contributed by atoms with Crippen molar-refractivity contribution in [2.75, 3.05) is 36.1 Å². The first kappa shape index (κ1) is 18.6. The van der Waals surface area contributed by atoms with E-state index < -0.39 is 9.84 Å². The van der Waals surface area contributed by atoms with Gasteiger partial charge in [0.1, 0.15) is 18.0 Å². The van der Waals surface area contributed by atoms with Gasteiger partial charge < -0.3 is 10.2 Å². The van der Waals surface area contributed by atoms with E-state index in [1.165, 1.54) is 6.26 Å². The molecule has 1 atom stereocenters. The molecule has 4 rings (SSSR count). The molecule has 0 radical (unpaired) electrons. The standard InChI is InChI=1S/C20H23N5O2S/c1-14-4-3-5-19(24-14)21-11-15-8-9-25(12-15)20-17-10-16(28(2,26)27)6-7-18(17)22-13-23-20/h3-7,10,13,15H,8-9,11-12H2,1-2H3,(H,21,24). The fraction of sp³-hybridized carbons (Fsp3) is 0.350. The third kappa shape index (κ3) is 3.91. The molecular formula is C20H23N5O2S. The Morgan fingerprint density at radius 3 is 2.86 bits per heavy atom. The summed E-state index contributed by atoms with van der Waals surface area (Å²) in [6.45, 7) is 4.55. The van der Waals surface area contributed by atoms with E-state index in [2.05, 4.69) is 25.2 Å². The van der Waals surface area contributed by atoms with Crippen LogP contribution in [0.4, 0.5) is 11.6 Å². The number of hydrogen-bond acceptors (Lipinski definition) is 7. The normalized spacial score (nSPS) is 17.2. The number of sulfone groups is 1. The average Bonchev–Trinajstić information content (AvgIpc) is 3.13. The lowest BCUT2D eigenvalue weighted by atomic mass is 10.1. The predicted molar refractivity (Wildman–Crippen MR) is 110 cm³/mol. The Hall–Kier alpha value is -2.74. The fourth-order valence-corrected chi connectivity index (χ4v) is 4.23. The minimum atomic E-state index is -3.28. The summed E-state index contributed by atoms with van der Waals surface area (Å²) in [5, 5.41) is 4.19. The SMILES string of the molecule is Cc1cccc(NCC2CCN(c3ncnc4ccc(S(C)(=O)=O)cc34)C2)n1. The van der Waals surface area contributed by atoms with Crippen molar-refractivity contribution in [2.45, 2.75) is 18.2 Å². The monoisotopic (exact) mass is 397 g/mol. The molecule has 28 heavy (non-hydrogen) atoms. The summed E-state index contributed by atoms with van der Waals surface area (Å²) in [5.74, 6) is 2.15. The topological polar surface area (TPSA) is 88.1 Å². The third-order valence-electron chi connectivity index (χ3n) is 5.06. The molecule has 1 aromatic carbocycles. The number of nitrogens with one attached hydrogen (secondary N) is 1. The van der Waals surface area contributed by atoms with Crippen molar-refractivity contribution < 1.29 is 8.42 Å². The van der Waals surface area contributed by atoms with Crippen LogP contribution in [0.15, 0.2) is 47.6 Å². The van der Waals surface area contributed by atoms with Crippen molar-refractivity contribution in [3.05, 3.63) is 48.4 Å². The zero-order valence-electron chi connectivity index (χ0n) is 16.0. The van der Waals surface area contributed by atoms with Crippen LogP contribution in [-0.2, 0) is 9.84 Å². The zero-order chi connectivity index (χ0) is 19.7. The Kier molecular flexibility index (Phi) is 4.89. The molecule has 0 amide bonds. The maximum absolute atomic E-state index is 11.9. The summed E-state index contributed by atoms with van der Waals surface area (Å²) in [5.41, 5.74) is 1.75. The van der Waals surface area contributed by atoms with Gasteiger partial charge in [-0.2, -0.15) is 0 Å². The lowest BCUT2D eigenvalue weighted by Gasteiger charge is -2.19. The van der Waals surface area contributed by atoms with Gasteiger partial charge in [-0.3, -0.25) is 0 Å². The summed E-state index contributed by atoms with van der Waals surface area (Å²) >= 11 is 0. The van der Waals surface area contributed by atoms with Crippen molar-refractivity contribution >= 4 is 32.4 Å². The number of hydrogen-bond donors (Lipinski definition) is 1. The van der Waals surface area contributed by atoms with E-state index >= 15 is 0 Å². The van der Waals surface area contributed by atoms with Gasteiger partial charge in [0.2, 0.25) is 0 Å². The number of rotatable bonds is 5. The highest BCUT2D eigenvalue weighted by molar-refractivity contribution is 7.90. The average molecular weight is 398 g/mol. The predicted octanol–water partition coefficient (Wildman–Crippen LogP) is 2.68. The highest BCUT2D eigenvalue weighted by atomic mass is 32.2. The molecule has 2 aromatic heterocycles. The van der Waals surface area contributed by atoms with Gasteiger partial charge in [0.25, 0.3) is 0 Å². The molecule has 146 valence electrons. The van der Waals surface area contributed by atoms with Crippen LogP contribution in [0.5, 0.6) is 0 Å². The van der Waals surface area contributed by atoms with Crippen LogP contribution in [0.3, 0.4) is 0 Å². The van der Waals surface area contributed by atoms with Crippen molar-refractivity contribution in [2.24, 2.45) is 5.92 Å². The number of aryl methyl sites for hydroxylation is 1. The molecule has 1 aliphatic heterocycles. The van der Waals surface area contributed by atoms with Gasteiger partial charge in [-0.15, -0.1) is 0 Å². The molecule has 0 aliphatic carbocycles. The molecule has 1 N–H and O–H groups in total. The van der Waals surface area contributed by atoms with Crippen LogP contribution in [0.25, 0.3) is 10.9 Å². The largest absolute Gasteiger partial charge is 0.370 e. The van der Waals surface area contributed by atoms with E-state index in [0.717, 1.165) is 54.3 Å². The van der Waals surface area contributed by atoms with Gasteiger partial charge in [0.05, 0.1) is 10.4 Å². The second-order valence-corrected chi connectivity index (χ2v) is 9.31. The van der Waals surface area contributed by atoms with E-state index in [0.29, 0.717) is 10.8 Å². The van der Waals surface area contributed by atoms with E-state index in [1.54, 1.807) is 24.5 Å². The Bertz CT molecular complexity index is 1120. The van der Waals surface area contributed by atoms with Gasteiger partial charge in [-0.1, -0.05) is 6.07 Å². The molecule has 0 saturated carbocycles. The van der Waals surface area contributed by atoms with Crippen LogP contribution in [0, 0.1) is 12.8 Å². The summed E-state index contributed by atoms with van der Waals surface area (Å²) < 4.78 is 23.9. The van der Waals surface area contributed by atoms with E-state index in [9.17, 15) is 8.42 Å². The van der Waals surface area contributed by atoms with Gasteiger partial charge in [0.15, 0.2) is 9.84 Å². The third-order valence-corrected chi connectivity index (χ3v) is 6.17. The first-order valence-corrected chi connectivity index (χ1v) is 11.2. The summed E-state index contributed by atoms with van der Waals surface area (Å²) in [6, 6.07) is 11.0. The van der Waals surface area contributed by atoms with Crippen LogP contribution in [0.2, 0.25) is 0 Å². The number of anilines is 2. The quantitative estimate of drug-likeness (QED) is 0.708. The van der Waals surface area contributed by atoms with Crippen molar-refractivity contribution in [3.63, 3.8) is 0 Å². The van der Waals surface area contributed by atoms with Crippen molar-refractivity contribution in [3.8, 4) is 0 Å². The minimum Gasteiger partial charge on any atom is -0.370 e. The molecule has 3 aromatic rings. The smallest absolute Gasteiger partial charge is 0.175 e. The number of nitrogens with zero attached hydrogens (tertiary/aromatic N) is 4. The number of pyridine rings is 1. The Morgan fingerprint density at radius 1 is 1.21 bits per heavy atom. The van der Waals surface area contributed by atoms with Gasteiger partial charge in [-0.25, -0.2) is 23.4 Å². The maximum Gasteiger partial charge on any atom is 0.175 e. The molecule has 1 unspecified atom stereocenters.